The van der Waals surface area contributed by atoms with Crippen molar-refractivity contribution in [3.05, 3.63) is 55.4 Å². The molecule has 0 radical (unpaired) electrons. The van der Waals surface area contributed by atoms with Crippen molar-refractivity contribution >= 4 is 38.9 Å². The van der Waals surface area contributed by atoms with Crippen molar-refractivity contribution in [2.45, 2.75) is 13.1 Å². The Hall–Kier alpha value is -0.420. The van der Waals surface area contributed by atoms with Gasteiger partial charge in [-0.05, 0) is 45.8 Å². The summed E-state index contributed by atoms with van der Waals surface area (Å²) in [4.78, 5) is 1.25. The largest absolute Gasteiger partial charge is 0.308 e. The molecule has 1 aromatic carbocycles. The van der Waals surface area contributed by atoms with Gasteiger partial charge in [0.15, 0.2) is 0 Å². The summed E-state index contributed by atoms with van der Waals surface area (Å²) in [5.74, 6) is -0.305. The van der Waals surface area contributed by atoms with Crippen LogP contribution in [0.3, 0.4) is 0 Å². The van der Waals surface area contributed by atoms with E-state index in [-0.39, 0.29) is 5.82 Å². The van der Waals surface area contributed by atoms with Crippen molar-refractivity contribution < 1.29 is 4.39 Å². The standard InChI is InChI=1S/C12H10BrClFNS/c13-12-4-3-10(17-12)7-16-6-8-1-2-9(15)5-11(8)14/h1-5,16H,6-7H2. The lowest BCUT2D eigenvalue weighted by molar-refractivity contribution is 0.625. The monoisotopic (exact) mass is 333 g/mol. The van der Waals surface area contributed by atoms with Gasteiger partial charge in [0.05, 0.1) is 3.79 Å². The van der Waals surface area contributed by atoms with Crippen LogP contribution in [-0.4, -0.2) is 0 Å². The minimum atomic E-state index is -0.305. The Morgan fingerprint density at radius 3 is 2.71 bits per heavy atom. The number of rotatable bonds is 4. The van der Waals surface area contributed by atoms with Gasteiger partial charge in [-0.3, -0.25) is 0 Å². The highest BCUT2D eigenvalue weighted by molar-refractivity contribution is 9.11. The molecular formula is C12H10BrClFNS. The molecule has 90 valence electrons. The predicted molar refractivity (Wildman–Crippen MR) is 74.0 cm³/mol. The number of benzene rings is 1. The number of thiophene rings is 1. The molecular weight excluding hydrogens is 325 g/mol. The van der Waals surface area contributed by atoms with Crippen LogP contribution >= 0.6 is 38.9 Å². The van der Waals surface area contributed by atoms with Gasteiger partial charge in [-0.15, -0.1) is 11.3 Å². The van der Waals surface area contributed by atoms with Gasteiger partial charge in [0.2, 0.25) is 0 Å². The Morgan fingerprint density at radius 1 is 1.24 bits per heavy atom. The van der Waals surface area contributed by atoms with Crippen LogP contribution < -0.4 is 5.32 Å². The topological polar surface area (TPSA) is 12.0 Å². The zero-order valence-corrected chi connectivity index (χ0v) is 12.0. The van der Waals surface area contributed by atoms with Gasteiger partial charge in [-0.1, -0.05) is 17.7 Å². The van der Waals surface area contributed by atoms with E-state index in [2.05, 4.69) is 27.3 Å². The molecule has 1 aromatic heterocycles. The van der Waals surface area contributed by atoms with E-state index in [0.29, 0.717) is 11.6 Å². The molecule has 1 N–H and O–H groups in total. The Bertz CT molecular complexity index is 515. The second-order valence-corrected chi connectivity index (χ2v) is 6.50. The minimum absolute atomic E-state index is 0.305. The van der Waals surface area contributed by atoms with Gasteiger partial charge in [0.25, 0.3) is 0 Å². The van der Waals surface area contributed by atoms with Crippen LogP contribution in [0.4, 0.5) is 4.39 Å². The summed E-state index contributed by atoms with van der Waals surface area (Å²) in [5.41, 5.74) is 0.906. The van der Waals surface area contributed by atoms with E-state index in [4.69, 9.17) is 11.6 Å². The quantitative estimate of drug-likeness (QED) is 0.862. The fraction of sp³-hybridized carbons (Fsp3) is 0.167. The van der Waals surface area contributed by atoms with E-state index < -0.39 is 0 Å². The van der Waals surface area contributed by atoms with Crippen LogP contribution in [0.5, 0.6) is 0 Å². The van der Waals surface area contributed by atoms with Gasteiger partial charge >= 0.3 is 0 Å². The van der Waals surface area contributed by atoms with Crippen molar-refractivity contribution in [1.29, 1.82) is 0 Å². The van der Waals surface area contributed by atoms with E-state index >= 15 is 0 Å². The van der Waals surface area contributed by atoms with Crippen LogP contribution in [0.2, 0.25) is 5.02 Å². The van der Waals surface area contributed by atoms with Gasteiger partial charge in [-0.25, -0.2) is 4.39 Å². The molecule has 2 rings (SSSR count). The maximum absolute atomic E-state index is 12.8. The highest BCUT2D eigenvalue weighted by atomic mass is 79.9. The van der Waals surface area contributed by atoms with E-state index in [1.807, 2.05) is 6.07 Å². The molecule has 0 saturated heterocycles. The summed E-state index contributed by atoms with van der Waals surface area (Å²) in [6, 6.07) is 8.54. The number of halogens is 3. The Labute approximate surface area is 117 Å². The SMILES string of the molecule is Fc1ccc(CNCc2ccc(Br)s2)c(Cl)c1. The zero-order chi connectivity index (χ0) is 12.3. The highest BCUT2D eigenvalue weighted by Gasteiger charge is 2.02. The fourth-order valence-corrected chi connectivity index (χ4v) is 3.12. The highest BCUT2D eigenvalue weighted by Crippen LogP contribution is 2.22. The van der Waals surface area contributed by atoms with E-state index in [0.717, 1.165) is 15.9 Å². The third-order valence-electron chi connectivity index (χ3n) is 2.26. The molecule has 0 aliphatic rings. The Morgan fingerprint density at radius 2 is 2.06 bits per heavy atom. The molecule has 0 saturated carbocycles. The van der Waals surface area contributed by atoms with Gasteiger partial charge in [-0.2, -0.15) is 0 Å². The van der Waals surface area contributed by atoms with E-state index in [1.165, 1.54) is 17.0 Å². The molecule has 1 heterocycles. The van der Waals surface area contributed by atoms with Gasteiger partial charge in [0, 0.05) is 23.0 Å². The van der Waals surface area contributed by atoms with Crippen LogP contribution in [0.1, 0.15) is 10.4 Å². The minimum Gasteiger partial charge on any atom is -0.308 e. The maximum Gasteiger partial charge on any atom is 0.124 e. The first-order valence-electron chi connectivity index (χ1n) is 5.04. The first kappa shape index (κ1) is 13.0. The summed E-state index contributed by atoms with van der Waals surface area (Å²) >= 11 is 11.0. The molecule has 1 nitrogen and oxygen atoms in total. The number of nitrogens with one attached hydrogen (secondary N) is 1. The lowest BCUT2D eigenvalue weighted by atomic mass is 10.2. The summed E-state index contributed by atoms with van der Waals surface area (Å²) in [6.45, 7) is 1.42. The van der Waals surface area contributed by atoms with Crippen molar-refractivity contribution in [3.8, 4) is 0 Å². The molecule has 2 aromatic rings. The third-order valence-corrected chi connectivity index (χ3v) is 4.23. The average molecular weight is 335 g/mol. The van der Waals surface area contributed by atoms with Gasteiger partial charge in [0.1, 0.15) is 5.82 Å². The molecule has 17 heavy (non-hydrogen) atoms. The van der Waals surface area contributed by atoms with Crippen LogP contribution in [0.25, 0.3) is 0 Å². The number of hydrogen-bond donors (Lipinski definition) is 1. The second kappa shape index (κ2) is 5.96. The Balaban J connectivity index is 1.90. The first-order valence-corrected chi connectivity index (χ1v) is 7.03. The van der Waals surface area contributed by atoms with Crippen molar-refractivity contribution in [2.75, 3.05) is 0 Å². The molecule has 0 atom stereocenters. The van der Waals surface area contributed by atoms with Gasteiger partial charge < -0.3 is 5.32 Å². The molecule has 0 fully saturated rings. The van der Waals surface area contributed by atoms with Crippen molar-refractivity contribution in [1.82, 2.24) is 5.32 Å². The fourth-order valence-electron chi connectivity index (χ4n) is 1.43. The molecule has 5 heteroatoms. The smallest absolute Gasteiger partial charge is 0.124 e. The molecule has 0 spiro atoms. The van der Waals surface area contributed by atoms with E-state index in [1.54, 1.807) is 17.4 Å². The summed E-state index contributed by atoms with van der Waals surface area (Å²) in [7, 11) is 0. The van der Waals surface area contributed by atoms with Crippen LogP contribution in [-0.2, 0) is 13.1 Å². The molecule has 0 amide bonds. The third kappa shape index (κ3) is 3.78. The summed E-state index contributed by atoms with van der Waals surface area (Å²) in [6.07, 6.45) is 0. The molecule has 0 unspecified atom stereocenters. The zero-order valence-electron chi connectivity index (χ0n) is 8.84. The second-order valence-electron chi connectivity index (χ2n) is 3.55. The summed E-state index contributed by atoms with van der Waals surface area (Å²) < 4.78 is 13.9. The predicted octanol–water partition coefficient (Wildman–Crippen LogP) is 4.59. The van der Waals surface area contributed by atoms with Crippen molar-refractivity contribution in [2.24, 2.45) is 0 Å². The van der Waals surface area contributed by atoms with Crippen LogP contribution in [0, 0.1) is 5.82 Å². The maximum atomic E-state index is 12.8. The lowest BCUT2D eigenvalue weighted by Crippen LogP contribution is -2.12. The first-order chi connectivity index (χ1) is 8.15. The molecule has 0 aliphatic carbocycles. The van der Waals surface area contributed by atoms with Crippen molar-refractivity contribution in [3.63, 3.8) is 0 Å². The Kier molecular flexibility index (Phi) is 4.56. The number of hydrogen-bond acceptors (Lipinski definition) is 2. The molecule has 0 bridgehead atoms. The summed E-state index contributed by atoms with van der Waals surface area (Å²) in [5, 5.41) is 3.74. The lowest BCUT2D eigenvalue weighted by Gasteiger charge is -2.05. The van der Waals surface area contributed by atoms with E-state index in [9.17, 15) is 4.39 Å². The molecule has 0 aliphatic heterocycles. The average Bonchev–Trinajstić information content (AvgIpc) is 2.68. The van der Waals surface area contributed by atoms with Crippen LogP contribution in [0.15, 0.2) is 34.1 Å². The normalized spacial score (nSPS) is 10.8.